The molecule has 0 unspecified atom stereocenters. The van der Waals surface area contributed by atoms with Crippen molar-refractivity contribution in [2.75, 3.05) is 20.2 Å². The summed E-state index contributed by atoms with van der Waals surface area (Å²) in [5, 5.41) is 8.17. The van der Waals surface area contributed by atoms with Crippen molar-refractivity contribution in [3.8, 4) is 5.75 Å². The summed E-state index contributed by atoms with van der Waals surface area (Å²) in [6.07, 6.45) is 1.84. The van der Waals surface area contributed by atoms with Gasteiger partial charge in [0.05, 0.1) is 12.6 Å². The fourth-order valence-corrected chi connectivity index (χ4v) is 4.80. The summed E-state index contributed by atoms with van der Waals surface area (Å²) in [4.78, 5) is 66.2. The third-order valence-corrected chi connectivity index (χ3v) is 7.31. The number of carbonyl (C=O) groups excluding carboxylic acids is 5. The average molecular weight is 585 g/mol. The second-order valence-electron chi connectivity index (χ2n) is 10.5. The van der Waals surface area contributed by atoms with Crippen molar-refractivity contribution in [1.29, 1.82) is 0 Å². The number of aldehydes is 1. The Morgan fingerprint density at radius 1 is 0.837 bits per heavy atom. The standard InChI is InChI=1S/C33H36N4O6/c1-37-29(19-24-10-6-3-7-11-24)33(42)36-28(17-14-23-8-4-2-5-9-23)32(41)35-26(21-38)18-25-12-15-27(16-13-25)43-22-30(39)34-20-31(37)40/h2-13,15-16,21,26,28-29H,14,17-20,22H2,1H3,(H,34,39)(H,35,41)(H,36,42)/t26-,28-,29+/m0/s1. The number of benzene rings is 3. The molecule has 0 saturated carbocycles. The summed E-state index contributed by atoms with van der Waals surface area (Å²) in [5.74, 6) is -1.58. The molecule has 224 valence electrons. The lowest BCUT2D eigenvalue weighted by atomic mass is 10.0. The minimum atomic E-state index is -0.977. The molecular formula is C33H36N4O6. The Morgan fingerprint density at radius 2 is 1.49 bits per heavy atom. The Hall–Kier alpha value is -4.99. The normalized spacial score (nSPS) is 20.5. The van der Waals surface area contributed by atoms with Crippen LogP contribution in [0, 0.1) is 0 Å². The number of nitrogens with zero attached hydrogens (tertiary/aromatic N) is 1. The fraction of sp³-hybridized carbons (Fsp3) is 0.303. The predicted octanol–water partition coefficient (Wildman–Crippen LogP) is 1.61. The van der Waals surface area contributed by atoms with E-state index in [-0.39, 0.29) is 32.4 Å². The van der Waals surface area contributed by atoms with Crippen LogP contribution >= 0.6 is 0 Å². The van der Waals surface area contributed by atoms with E-state index < -0.39 is 41.8 Å². The first-order valence-electron chi connectivity index (χ1n) is 14.2. The molecule has 0 saturated heterocycles. The molecule has 3 N–H and O–H groups in total. The van der Waals surface area contributed by atoms with E-state index in [1.165, 1.54) is 11.9 Å². The minimum Gasteiger partial charge on any atom is -0.484 e. The van der Waals surface area contributed by atoms with Crippen LogP contribution in [0.2, 0.25) is 0 Å². The zero-order chi connectivity index (χ0) is 30.6. The summed E-state index contributed by atoms with van der Waals surface area (Å²) in [6, 6.07) is 22.8. The molecule has 0 aliphatic carbocycles. The average Bonchev–Trinajstić information content (AvgIpc) is 3.03. The lowest BCUT2D eigenvalue weighted by molar-refractivity contribution is -0.140. The van der Waals surface area contributed by atoms with Crippen LogP contribution in [-0.4, -0.2) is 73.1 Å². The molecular weight excluding hydrogens is 548 g/mol. The van der Waals surface area contributed by atoms with Gasteiger partial charge in [-0.2, -0.15) is 0 Å². The molecule has 3 aromatic rings. The van der Waals surface area contributed by atoms with Crippen LogP contribution in [-0.2, 0) is 43.2 Å². The highest BCUT2D eigenvalue weighted by Crippen LogP contribution is 2.15. The molecule has 3 atom stereocenters. The van der Waals surface area contributed by atoms with Gasteiger partial charge < -0.3 is 30.4 Å². The SMILES string of the molecule is CN1C(=O)CNC(=O)COc2ccc(cc2)C[C@@H](C=O)NC(=O)[C@H](CCc2ccccc2)NC(=O)[C@H]1Cc1ccccc1. The zero-order valence-corrected chi connectivity index (χ0v) is 24.0. The van der Waals surface area contributed by atoms with Crippen LogP contribution < -0.4 is 20.7 Å². The van der Waals surface area contributed by atoms with Gasteiger partial charge in [-0.3, -0.25) is 19.2 Å². The van der Waals surface area contributed by atoms with Crippen LogP contribution in [0.5, 0.6) is 5.75 Å². The van der Waals surface area contributed by atoms with Crippen molar-refractivity contribution < 1.29 is 28.7 Å². The van der Waals surface area contributed by atoms with Gasteiger partial charge in [0, 0.05) is 13.5 Å². The van der Waals surface area contributed by atoms with Crippen LogP contribution in [0.15, 0.2) is 84.9 Å². The molecule has 10 nitrogen and oxygen atoms in total. The third kappa shape index (κ3) is 9.26. The quantitative estimate of drug-likeness (QED) is 0.298. The molecule has 0 radical (unpaired) electrons. The molecule has 2 aliphatic rings. The Bertz CT molecular complexity index is 1400. The summed E-state index contributed by atoms with van der Waals surface area (Å²) < 4.78 is 5.52. The molecule has 3 aromatic carbocycles. The summed E-state index contributed by atoms with van der Waals surface area (Å²) in [7, 11) is 1.49. The molecule has 2 aliphatic heterocycles. The highest BCUT2D eigenvalue weighted by atomic mass is 16.5. The maximum Gasteiger partial charge on any atom is 0.258 e. The number of hydrogen-bond donors (Lipinski definition) is 3. The van der Waals surface area contributed by atoms with Crippen molar-refractivity contribution in [1.82, 2.24) is 20.9 Å². The number of nitrogens with one attached hydrogen (secondary N) is 3. The van der Waals surface area contributed by atoms with Gasteiger partial charge in [-0.05, 0) is 48.1 Å². The lowest BCUT2D eigenvalue weighted by Gasteiger charge is -2.30. The van der Waals surface area contributed by atoms with E-state index >= 15 is 0 Å². The minimum absolute atomic E-state index is 0.184. The molecule has 2 heterocycles. The number of likely N-dealkylation sites (N-methyl/N-ethyl adjacent to an activating group) is 1. The van der Waals surface area contributed by atoms with Crippen LogP contribution in [0.3, 0.4) is 0 Å². The Morgan fingerprint density at radius 3 is 2.14 bits per heavy atom. The first kappa shape index (κ1) is 31.0. The number of aryl methyl sites for hydroxylation is 1. The van der Waals surface area contributed by atoms with Crippen LogP contribution in [0.1, 0.15) is 23.1 Å². The summed E-state index contributed by atoms with van der Waals surface area (Å²) in [6.45, 7) is -0.643. The van der Waals surface area contributed by atoms with Crippen molar-refractivity contribution in [2.45, 2.75) is 43.8 Å². The number of amides is 4. The Balaban J connectivity index is 1.63. The van der Waals surface area contributed by atoms with Gasteiger partial charge in [0.2, 0.25) is 17.7 Å². The van der Waals surface area contributed by atoms with Gasteiger partial charge in [-0.1, -0.05) is 72.8 Å². The summed E-state index contributed by atoms with van der Waals surface area (Å²) >= 11 is 0. The van der Waals surface area contributed by atoms with Gasteiger partial charge in [-0.25, -0.2) is 0 Å². The van der Waals surface area contributed by atoms with Crippen molar-refractivity contribution in [3.63, 3.8) is 0 Å². The van der Waals surface area contributed by atoms with Gasteiger partial charge in [-0.15, -0.1) is 0 Å². The highest BCUT2D eigenvalue weighted by Gasteiger charge is 2.31. The number of rotatable bonds is 6. The largest absolute Gasteiger partial charge is 0.484 e. The van der Waals surface area contributed by atoms with Crippen molar-refractivity contribution in [2.24, 2.45) is 0 Å². The zero-order valence-electron chi connectivity index (χ0n) is 24.0. The topological polar surface area (TPSA) is 134 Å². The third-order valence-electron chi connectivity index (χ3n) is 7.31. The van der Waals surface area contributed by atoms with Crippen molar-refractivity contribution in [3.05, 3.63) is 102 Å². The van der Waals surface area contributed by atoms with E-state index in [9.17, 15) is 24.0 Å². The van der Waals surface area contributed by atoms with E-state index in [1.54, 1.807) is 24.3 Å². The van der Waals surface area contributed by atoms with E-state index in [2.05, 4.69) is 16.0 Å². The van der Waals surface area contributed by atoms with Gasteiger partial charge in [0.1, 0.15) is 24.1 Å². The van der Waals surface area contributed by atoms with Gasteiger partial charge >= 0.3 is 0 Å². The van der Waals surface area contributed by atoms with Crippen LogP contribution in [0.25, 0.3) is 0 Å². The molecule has 4 amide bonds. The number of hydrogen-bond acceptors (Lipinski definition) is 6. The molecule has 0 fully saturated rings. The fourth-order valence-electron chi connectivity index (χ4n) is 4.80. The smallest absolute Gasteiger partial charge is 0.258 e. The maximum atomic E-state index is 13.8. The maximum absolute atomic E-state index is 13.8. The van der Waals surface area contributed by atoms with E-state index in [0.717, 1.165) is 16.7 Å². The van der Waals surface area contributed by atoms with Gasteiger partial charge in [0.15, 0.2) is 6.61 Å². The Kier molecular flexibility index (Phi) is 11.0. The van der Waals surface area contributed by atoms with E-state index in [4.69, 9.17) is 4.74 Å². The van der Waals surface area contributed by atoms with Crippen molar-refractivity contribution >= 4 is 29.9 Å². The molecule has 43 heavy (non-hydrogen) atoms. The molecule has 5 rings (SSSR count). The second-order valence-corrected chi connectivity index (χ2v) is 10.5. The Labute approximate surface area is 250 Å². The number of carbonyl (C=O) groups is 5. The molecule has 0 aromatic heterocycles. The van der Waals surface area contributed by atoms with Gasteiger partial charge in [0.25, 0.3) is 5.91 Å². The van der Waals surface area contributed by atoms with Crippen LogP contribution in [0.4, 0.5) is 0 Å². The lowest BCUT2D eigenvalue weighted by Crippen LogP contribution is -2.57. The number of fused-ring (bicyclic) bond motifs is 16. The monoisotopic (exact) mass is 584 g/mol. The number of ether oxygens (including phenoxy) is 1. The molecule has 10 heteroatoms. The first-order chi connectivity index (χ1) is 20.8. The predicted molar refractivity (Wildman–Crippen MR) is 160 cm³/mol. The molecule has 0 spiro atoms. The van der Waals surface area contributed by atoms with E-state index in [1.807, 2.05) is 60.7 Å². The second kappa shape index (κ2) is 15.3. The highest BCUT2D eigenvalue weighted by molar-refractivity contribution is 5.94. The summed E-state index contributed by atoms with van der Waals surface area (Å²) in [5.41, 5.74) is 2.57. The first-order valence-corrected chi connectivity index (χ1v) is 14.2. The molecule has 2 bridgehead atoms. The van der Waals surface area contributed by atoms with E-state index in [0.29, 0.717) is 18.5 Å².